The smallest absolute Gasteiger partial charge is 0.416 e. The fourth-order valence-corrected chi connectivity index (χ4v) is 3.59. The van der Waals surface area contributed by atoms with Gasteiger partial charge in [-0.2, -0.15) is 18.3 Å². The lowest BCUT2D eigenvalue weighted by Crippen LogP contribution is -2.14. The Bertz CT molecular complexity index is 1330. The molecule has 0 spiro atoms. The molecule has 4 aromatic rings. The highest BCUT2D eigenvalue weighted by Gasteiger charge is 2.30. The lowest BCUT2D eigenvalue weighted by Gasteiger charge is -2.11. The molecule has 0 radical (unpaired) electrons. The molecule has 0 bridgehead atoms. The molecule has 0 N–H and O–H groups in total. The maximum atomic E-state index is 12.9. The molecule has 1 aromatic heterocycles. The number of alkyl halides is 3. The van der Waals surface area contributed by atoms with Crippen LogP contribution >= 0.6 is 0 Å². The van der Waals surface area contributed by atoms with Gasteiger partial charge < -0.3 is 14.2 Å². The summed E-state index contributed by atoms with van der Waals surface area (Å²) in [5, 5.41) is 5.44. The number of para-hydroxylation sites is 1. The number of aryl methyl sites for hydroxylation is 1. The molecule has 0 unspecified atom stereocenters. The fraction of sp³-hybridized carbons (Fsp3) is 0.231. The summed E-state index contributed by atoms with van der Waals surface area (Å²) in [5.41, 5.74) is 1.98. The number of benzene rings is 3. The van der Waals surface area contributed by atoms with E-state index in [-0.39, 0.29) is 19.8 Å². The number of hydrogen-bond donors (Lipinski definition) is 0. The van der Waals surface area contributed by atoms with Crippen LogP contribution in [0.3, 0.4) is 0 Å². The van der Waals surface area contributed by atoms with Gasteiger partial charge in [-0.05, 0) is 67.9 Å². The van der Waals surface area contributed by atoms with Crippen molar-refractivity contribution < 1.29 is 32.2 Å². The monoisotopic (exact) mass is 484 g/mol. The van der Waals surface area contributed by atoms with Crippen molar-refractivity contribution in [3.63, 3.8) is 0 Å². The van der Waals surface area contributed by atoms with Crippen molar-refractivity contribution in [1.82, 2.24) is 9.78 Å². The van der Waals surface area contributed by atoms with Crippen LogP contribution < -0.4 is 9.47 Å². The highest BCUT2D eigenvalue weighted by molar-refractivity contribution is 5.83. The molecule has 182 valence electrons. The number of nitrogens with zero attached hydrogens (tertiary/aromatic N) is 2. The number of esters is 1. The molecule has 0 atom stereocenters. The van der Waals surface area contributed by atoms with Crippen LogP contribution in [0.25, 0.3) is 16.6 Å². The maximum absolute atomic E-state index is 12.9. The van der Waals surface area contributed by atoms with Gasteiger partial charge in [-0.1, -0.05) is 18.2 Å². The molecule has 9 heteroatoms. The topological polar surface area (TPSA) is 62.6 Å². The third-order valence-electron chi connectivity index (χ3n) is 5.28. The Balaban J connectivity index is 1.52. The molecule has 0 amide bonds. The molecule has 0 aliphatic heterocycles. The number of hydrogen-bond acceptors (Lipinski definition) is 5. The van der Waals surface area contributed by atoms with Crippen molar-refractivity contribution in [2.45, 2.75) is 26.6 Å². The molecule has 0 aliphatic rings. The number of carbonyl (C=O) groups excluding carboxylic acids is 1. The van der Waals surface area contributed by atoms with Gasteiger partial charge in [-0.15, -0.1) is 0 Å². The summed E-state index contributed by atoms with van der Waals surface area (Å²) in [5.74, 6) is 0.685. The van der Waals surface area contributed by atoms with E-state index in [1.165, 1.54) is 12.1 Å². The van der Waals surface area contributed by atoms with E-state index >= 15 is 0 Å². The van der Waals surface area contributed by atoms with Gasteiger partial charge in [-0.3, -0.25) is 0 Å². The summed E-state index contributed by atoms with van der Waals surface area (Å²) in [7, 11) is 0. The van der Waals surface area contributed by atoms with Crippen LogP contribution in [-0.4, -0.2) is 29.0 Å². The number of halogens is 3. The highest BCUT2D eigenvalue weighted by Crippen LogP contribution is 2.31. The molecule has 6 nitrogen and oxygen atoms in total. The lowest BCUT2D eigenvalue weighted by molar-refractivity contribution is -0.145. The largest absolute Gasteiger partial charge is 0.487 e. The first-order chi connectivity index (χ1) is 16.8. The van der Waals surface area contributed by atoms with E-state index in [1.807, 2.05) is 31.2 Å². The summed E-state index contributed by atoms with van der Waals surface area (Å²) in [6, 6.07) is 17.5. The van der Waals surface area contributed by atoms with Gasteiger partial charge >= 0.3 is 12.1 Å². The van der Waals surface area contributed by atoms with Gasteiger partial charge in [0.25, 0.3) is 0 Å². The van der Waals surface area contributed by atoms with Crippen LogP contribution in [0.2, 0.25) is 0 Å². The molecule has 1 heterocycles. The second kappa shape index (κ2) is 10.1. The van der Waals surface area contributed by atoms with Gasteiger partial charge in [-0.25, -0.2) is 9.48 Å². The third-order valence-corrected chi connectivity index (χ3v) is 5.28. The Morgan fingerprint density at radius 3 is 2.43 bits per heavy atom. The van der Waals surface area contributed by atoms with E-state index in [4.69, 9.17) is 14.2 Å². The fourth-order valence-electron chi connectivity index (χ4n) is 3.59. The molecule has 4 rings (SSSR count). The van der Waals surface area contributed by atoms with Gasteiger partial charge in [0.1, 0.15) is 23.8 Å². The van der Waals surface area contributed by atoms with Gasteiger partial charge in [0.2, 0.25) is 0 Å². The van der Waals surface area contributed by atoms with E-state index in [0.29, 0.717) is 22.9 Å². The van der Waals surface area contributed by atoms with E-state index < -0.39 is 17.7 Å². The number of aromatic nitrogens is 2. The number of rotatable bonds is 8. The minimum atomic E-state index is -4.40. The zero-order valence-corrected chi connectivity index (χ0v) is 19.1. The van der Waals surface area contributed by atoms with Crippen molar-refractivity contribution in [1.29, 1.82) is 0 Å². The minimum Gasteiger partial charge on any atom is -0.487 e. The Hall–Kier alpha value is -4.01. The minimum absolute atomic E-state index is 0.149. The predicted molar refractivity (Wildman–Crippen MR) is 124 cm³/mol. The molecular formula is C26H23F3N2O4. The Morgan fingerprint density at radius 2 is 1.74 bits per heavy atom. The summed E-state index contributed by atoms with van der Waals surface area (Å²) < 4.78 is 56.7. The molecule has 3 aromatic carbocycles. The normalized spacial score (nSPS) is 11.5. The highest BCUT2D eigenvalue weighted by atomic mass is 19.4. The number of ether oxygens (including phenoxy) is 3. The lowest BCUT2D eigenvalue weighted by atomic mass is 10.2. The van der Waals surface area contributed by atoms with Gasteiger partial charge in [0.15, 0.2) is 6.61 Å². The molecule has 0 fully saturated rings. The summed E-state index contributed by atoms with van der Waals surface area (Å²) in [6.07, 6.45) is -4.40. The van der Waals surface area contributed by atoms with Crippen LogP contribution in [0, 0.1) is 6.92 Å². The van der Waals surface area contributed by atoms with E-state index in [9.17, 15) is 18.0 Å². The second-order valence-corrected chi connectivity index (χ2v) is 7.73. The first-order valence-corrected chi connectivity index (χ1v) is 10.9. The number of fused-ring (bicyclic) bond motifs is 1. The quantitative estimate of drug-likeness (QED) is 0.293. The molecule has 0 saturated heterocycles. The van der Waals surface area contributed by atoms with Crippen LogP contribution in [-0.2, 0) is 22.3 Å². The maximum Gasteiger partial charge on any atom is 0.416 e. The first kappa shape index (κ1) is 24.1. The van der Waals surface area contributed by atoms with Crippen molar-refractivity contribution >= 4 is 16.9 Å². The van der Waals surface area contributed by atoms with Gasteiger partial charge in [0, 0.05) is 5.39 Å². The Morgan fingerprint density at radius 1 is 1.00 bits per heavy atom. The standard InChI is InChI=1S/C26H23F3N2O4/c1-3-33-25(32)16-35-24-13-12-20(14-17(24)2)34-15-22-21-6-4-5-7-23(21)31(30-22)19-10-8-18(9-11-19)26(27,28)29/h4-14H,3,15-16H2,1-2H3. The SMILES string of the molecule is CCOC(=O)COc1ccc(OCc2nn(-c3ccc(C(F)(F)F)cc3)c3ccccc23)cc1C. The molecule has 35 heavy (non-hydrogen) atoms. The molecular weight excluding hydrogens is 461 g/mol. The predicted octanol–water partition coefficient (Wildman–Crippen LogP) is 5.87. The molecule has 0 saturated carbocycles. The van der Waals surface area contributed by atoms with Crippen molar-refractivity contribution in [3.05, 3.63) is 83.6 Å². The van der Waals surface area contributed by atoms with E-state index in [0.717, 1.165) is 28.6 Å². The van der Waals surface area contributed by atoms with E-state index in [2.05, 4.69) is 5.10 Å². The van der Waals surface area contributed by atoms with Crippen molar-refractivity contribution in [3.8, 4) is 17.2 Å². The van der Waals surface area contributed by atoms with E-state index in [1.54, 1.807) is 29.8 Å². The van der Waals surface area contributed by atoms with Crippen molar-refractivity contribution in [2.24, 2.45) is 0 Å². The third kappa shape index (κ3) is 5.56. The van der Waals surface area contributed by atoms with Crippen LogP contribution in [0.5, 0.6) is 11.5 Å². The van der Waals surface area contributed by atoms with Crippen LogP contribution in [0.4, 0.5) is 13.2 Å². The Kier molecular flexibility index (Phi) is 6.95. The zero-order chi connectivity index (χ0) is 25.0. The summed E-state index contributed by atoms with van der Waals surface area (Å²) in [6.45, 7) is 3.82. The zero-order valence-electron chi connectivity index (χ0n) is 19.1. The van der Waals surface area contributed by atoms with Crippen molar-refractivity contribution in [2.75, 3.05) is 13.2 Å². The van der Waals surface area contributed by atoms with Crippen LogP contribution in [0.15, 0.2) is 66.7 Å². The average molecular weight is 484 g/mol. The summed E-state index contributed by atoms with van der Waals surface area (Å²) in [4.78, 5) is 11.5. The summed E-state index contributed by atoms with van der Waals surface area (Å²) >= 11 is 0. The van der Waals surface area contributed by atoms with Crippen LogP contribution in [0.1, 0.15) is 23.7 Å². The average Bonchev–Trinajstić information content (AvgIpc) is 3.20. The Labute approximate surface area is 199 Å². The van der Waals surface area contributed by atoms with Gasteiger partial charge in [0.05, 0.1) is 23.4 Å². The number of carbonyl (C=O) groups is 1. The second-order valence-electron chi connectivity index (χ2n) is 7.73. The molecule has 0 aliphatic carbocycles. The first-order valence-electron chi connectivity index (χ1n) is 10.9.